The molecule has 6 heteroatoms. The second kappa shape index (κ2) is 5.54. The quantitative estimate of drug-likeness (QED) is 0.806. The van der Waals surface area contributed by atoms with Crippen LogP contribution in [0.15, 0.2) is 18.2 Å². The van der Waals surface area contributed by atoms with Crippen LogP contribution in [0.3, 0.4) is 0 Å². The van der Waals surface area contributed by atoms with Gasteiger partial charge in [0.05, 0.1) is 24.3 Å². The number of aliphatic hydroxyl groups excluding tert-OH is 1. The molecule has 1 aliphatic carbocycles. The molecule has 1 aromatic carbocycles. The molecule has 4 N–H and O–H groups in total. The summed E-state index contributed by atoms with van der Waals surface area (Å²) >= 11 is 1.37. The minimum atomic E-state index is -0.203. The smallest absolute Gasteiger partial charge is 0.263 e. The number of hydrogen-bond donors (Lipinski definition) is 3. The predicted molar refractivity (Wildman–Crippen MR) is 83.9 cm³/mol. The molecule has 21 heavy (non-hydrogen) atoms. The zero-order valence-corrected chi connectivity index (χ0v) is 12.6. The standard InChI is InChI=1S/C15H18N2O3S/c1-20-10-3-2-4-11-12(10)13(16)14(21-11)15(19)17-7-8-5-9(18)6-8/h2-4,8-9,18H,5-7,16H2,1H3,(H,17,19). The molecule has 0 bridgehead atoms. The molecule has 0 saturated heterocycles. The van der Waals surface area contributed by atoms with Gasteiger partial charge in [0.15, 0.2) is 0 Å². The highest BCUT2D eigenvalue weighted by atomic mass is 32.1. The summed E-state index contributed by atoms with van der Waals surface area (Å²) in [6, 6.07) is 5.65. The predicted octanol–water partition coefficient (Wildman–Crippen LogP) is 1.99. The molecule has 1 aliphatic rings. The molecule has 0 aliphatic heterocycles. The van der Waals surface area contributed by atoms with Crippen molar-refractivity contribution in [1.82, 2.24) is 5.32 Å². The van der Waals surface area contributed by atoms with Crippen LogP contribution in [0.5, 0.6) is 5.75 Å². The number of fused-ring (bicyclic) bond motifs is 1. The number of ether oxygens (including phenoxy) is 1. The normalized spacial score (nSPS) is 21.0. The third-order valence-corrected chi connectivity index (χ3v) is 5.07. The zero-order valence-electron chi connectivity index (χ0n) is 11.8. The molecule has 112 valence electrons. The Labute approximate surface area is 126 Å². The van der Waals surface area contributed by atoms with E-state index in [1.54, 1.807) is 7.11 Å². The lowest BCUT2D eigenvalue weighted by atomic mass is 9.82. The van der Waals surface area contributed by atoms with Crippen molar-refractivity contribution in [2.24, 2.45) is 5.92 Å². The third kappa shape index (κ3) is 2.56. The van der Waals surface area contributed by atoms with E-state index >= 15 is 0 Å². The Morgan fingerprint density at radius 3 is 2.95 bits per heavy atom. The summed E-state index contributed by atoms with van der Waals surface area (Å²) in [6.45, 7) is 0.584. The van der Waals surface area contributed by atoms with Crippen molar-refractivity contribution >= 4 is 33.0 Å². The Kier molecular flexibility index (Phi) is 3.73. The first-order chi connectivity index (χ1) is 10.1. The number of amides is 1. The van der Waals surface area contributed by atoms with Gasteiger partial charge in [-0.15, -0.1) is 11.3 Å². The van der Waals surface area contributed by atoms with Crippen LogP contribution in [-0.2, 0) is 0 Å². The number of nitrogens with two attached hydrogens (primary N) is 1. The van der Waals surface area contributed by atoms with Gasteiger partial charge in [-0.3, -0.25) is 4.79 Å². The van der Waals surface area contributed by atoms with Gasteiger partial charge in [-0.1, -0.05) is 6.07 Å². The molecule has 0 unspecified atom stereocenters. The topological polar surface area (TPSA) is 84.6 Å². The van der Waals surface area contributed by atoms with Crippen molar-refractivity contribution in [3.63, 3.8) is 0 Å². The van der Waals surface area contributed by atoms with Crippen LogP contribution in [0.4, 0.5) is 5.69 Å². The lowest BCUT2D eigenvalue weighted by Gasteiger charge is -2.31. The van der Waals surface area contributed by atoms with Gasteiger partial charge in [0.2, 0.25) is 0 Å². The summed E-state index contributed by atoms with van der Waals surface area (Å²) in [5.74, 6) is 0.897. The third-order valence-electron chi connectivity index (χ3n) is 3.90. The lowest BCUT2D eigenvalue weighted by molar-refractivity contribution is 0.0420. The van der Waals surface area contributed by atoms with E-state index in [9.17, 15) is 9.90 Å². The first-order valence-corrected chi connectivity index (χ1v) is 7.73. The lowest BCUT2D eigenvalue weighted by Crippen LogP contribution is -2.38. The molecule has 1 fully saturated rings. The summed E-state index contributed by atoms with van der Waals surface area (Å²) in [5, 5.41) is 13.0. The highest BCUT2D eigenvalue weighted by Gasteiger charge is 2.28. The number of hydrogen-bond acceptors (Lipinski definition) is 5. The Hall–Kier alpha value is -1.79. The highest BCUT2D eigenvalue weighted by Crippen LogP contribution is 2.39. The monoisotopic (exact) mass is 306 g/mol. The number of carbonyl (C=O) groups is 1. The van der Waals surface area contributed by atoms with Gasteiger partial charge in [-0.25, -0.2) is 0 Å². The van der Waals surface area contributed by atoms with Crippen molar-refractivity contribution < 1.29 is 14.6 Å². The van der Waals surface area contributed by atoms with Crippen molar-refractivity contribution in [2.45, 2.75) is 18.9 Å². The van der Waals surface area contributed by atoms with Crippen LogP contribution in [0.25, 0.3) is 10.1 Å². The fourth-order valence-electron chi connectivity index (χ4n) is 2.66. The van der Waals surface area contributed by atoms with Crippen LogP contribution in [0, 0.1) is 5.92 Å². The first kappa shape index (κ1) is 14.2. The average molecular weight is 306 g/mol. The van der Waals surface area contributed by atoms with E-state index in [1.807, 2.05) is 18.2 Å². The van der Waals surface area contributed by atoms with Crippen LogP contribution in [-0.4, -0.2) is 30.8 Å². The fraction of sp³-hybridized carbons (Fsp3) is 0.400. The summed E-state index contributed by atoms with van der Waals surface area (Å²) in [4.78, 5) is 12.8. The van der Waals surface area contributed by atoms with Crippen molar-refractivity contribution in [3.05, 3.63) is 23.1 Å². The molecule has 0 atom stereocenters. The number of anilines is 1. The maximum Gasteiger partial charge on any atom is 0.263 e. The Bertz CT molecular complexity index is 677. The minimum absolute atomic E-state index is 0.155. The first-order valence-electron chi connectivity index (χ1n) is 6.91. The molecular weight excluding hydrogens is 288 g/mol. The zero-order chi connectivity index (χ0) is 15.0. The van der Waals surface area contributed by atoms with Gasteiger partial charge in [0.1, 0.15) is 10.6 Å². The second-order valence-corrected chi connectivity index (χ2v) is 6.43. The number of carbonyl (C=O) groups excluding carboxylic acids is 1. The summed E-state index contributed by atoms with van der Waals surface area (Å²) in [7, 11) is 1.59. The van der Waals surface area contributed by atoms with E-state index in [4.69, 9.17) is 10.5 Å². The Morgan fingerprint density at radius 2 is 2.29 bits per heavy atom. The maximum atomic E-state index is 12.3. The molecule has 3 rings (SSSR count). The summed E-state index contributed by atoms with van der Waals surface area (Å²) < 4.78 is 6.25. The summed E-state index contributed by atoms with van der Waals surface area (Å²) in [6.07, 6.45) is 1.32. The van der Waals surface area contributed by atoms with Crippen molar-refractivity contribution in [1.29, 1.82) is 0 Å². The van der Waals surface area contributed by atoms with Crippen LogP contribution < -0.4 is 15.8 Å². The maximum absolute atomic E-state index is 12.3. The molecule has 2 aromatic rings. The van der Waals surface area contributed by atoms with E-state index in [2.05, 4.69) is 5.32 Å². The van der Waals surface area contributed by atoms with Crippen LogP contribution in [0.2, 0.25) is 0 Å². The van der Waals surface area contributed by atoms with E-state index in [0.717, 1.165) is 22.9 Å². The van der Waals surface area contributed by atoms with E-state index in [0.29, 0.717) is 28.8 Å². The molecule has 5 nitrogen and oxygen atoms in total. The van der Waals surface area contributed by atoms with E-state index in [-0.39, 0.29) is 12.0 Å². The van der Waals surface area contributed by atoms with Gasteiger partial charge in [-0.2, -0.15) is 0 Å². The fourth-order valence-corrected chi connectivity index (χ4v) is 3.72. The SMILES string of the molecule is COc1cccc2sc(C(=O)NCC3CC(O)C3)c(N)c12. The van der Waals surface area contributed by atoms with Gasteiger partial charge in [0, 0.05) is 11.2 Å². The number of nitrogen functional groups attached to an aromatic ring is 1. The van der Waals surface area contributed by atoms with Gasteiger partial charge >= 0.3 is 0 Å². The van der Waals surface area contributed by atoms with E-state index < -0.39 is 0 Å². The Balaban J connectivity index is 1.80. The van der Waals surface area contributed by atoms with Crippen molar-refractivity contribution in [2.75, 3.05) is 19.4 Å². The molecule has 1 aromatic heterocycles. The van der Waals surface area contributed by atoms with Gasteiger partial charge in [-0.05, 0) is 30.9 Å². The number of benzene rings is 1. The molecule has 1 heterocycles. The van der Waals surface area contributed by atoms with Crippen LogP contribution >= 0.6 is 11.3 Å². The number of nitrogens with one attached hydrogen (secondary N) is 1. The molecule has 0 spiro atoms. The second-order valence-electron chi connectivity index (χ2n) is 5.38. The minimum Gasteiger partial charge on any atom is -0.496 e. The molecule has 1 saturated carbocycles. The number of aliphatic hydroxyl groups is 1. The molecule has 1 amide bonds. The number of thiophene rings is 1. The van der Waals surface area contributed by atoms with Crippen molar-refractivity contribution in [3.8, 4) is 5.75 Å². The highest BCUT2D eigenvalue weighted by molar-refractivity contribution is 7.21. The summed E-state index contributed by atoms with van der Waals surface area (Å²) in [5.41, 5.74) is 6.59. The molecule has 0 radical (unpaired) electrons. The molecular formula is C15H18N2O3S. The Morgan fingerprint density at radius 1 is 1.52 bits per heavy atom. The number of rotatable bonds is 4. The van der Waals surface area contributed by atoms with Crippen LogP contribution in [0.1, 0.15) is 22.5 Å². The van der Waals surface area contributed by atoms with Gasteiger partial charge < -0.3 is 20.9 Å². The number of methoxy groups -OCH3 is 1. The van der Waals surface area contributed by atoms with Gasteiger partial charge in [0.25, 0.3) is 5.91 Å². The van der Waals surface area contributed by atoms with E-state index in [1.165, 1.54) is 11.3 Å². The largest absolute Gasteiger partial charge is 0.496 e. The average Bonchev–Trinajstić information content (AvgIpc) is 2.79.